The summed E-state index contributed by atoms with van der Waals surface area (Å²) in [7, 11) is 3.08. The number of halogens is 2. The van der Waals surface area contributed by atoms with Gasteiger partial charge in [-0.3, -0.25) is 4.79 Å². The highest BCUT2D eigenvalue weighted by Crippen LogP contribution is 2.43. The molecule has 0 bridgehead atoms. The van der Waals surface area contributed by atoms with Gasteiger partial charge in [-0.05, 0) is 54.8 Å². The Bertz CT molecular complexity index is 1080. The summed E-state index contributed by atoms with van der Waals surface area (Å²) in [5.41, 5.74) is 1.73. The SMILES string of the molecule is C=C(OC)OC1=C(c2cc(-c3ccc(F)cc3)ccc2Cl)C(=O)NC12CCN(OC)CC2. The first-order chi connectivity index (χ1) is 15.4. The van der Waals surface area contributed by atoms with Crippen molar-refractivity contribution >= 4 is 23.1 Å². The number of carbonyl (C=O) groups excluding carboxylic acids is 1. The van der Waals surface area contributed by atoms with E-state index in [-0.39, 0.29) is 17.7 Å². The summed E-state index contributed by atoms with van der Waals surface area (Å²) in [6, 6.07) is 11.5. The Balaban J connectivity index is 1.83. The van der Waals surface area contributed by atoms with Crippen LogP contribution in [0.1, 0.15) is 18.4 Å². The zero-order chi connectivity index (χ0) is 22.9. The predicted octanol–water partition coefficient (Wildman–Crippen LogP) is 4.52. The maximum Gasteiger partial charge on any atom is 0.276 e. The molecule has 2 aliphatic rings. The summed E-state index contributed by atoms with van der Waals surface area (Å²) < 4.78 is 24.5. The van der Waals surface area contributed by atoms with Crippen LogP contribution in [0.15, 0.2) is 60.7 Å². The molecule has 2 aliphatic heterocycles. The molecule has 0 saturated carbocycles. The Labute approximate surface area is 191 Å². The second-order valence-electron chi connectivity index (χ2n) is 7.73. The number of nitrogens with one attached hydrogen (secondary N) is 1. The lowest BCUT2D eigenvalue weighted by Crippen LogP contribution is -2.53. The van der Waals surface area contributed by atoms with Crippen molar-refractivity contribution in [2.45, 2.75) is 18.4 Å². The lowest BCUT2D eigenvalue weighted by molar-refractivity contribution is -0.153. The van der Waals surface area contributed by atoms with Gasteiger partial charge in [0, 0.05) is 23.7 Å². The van der Waals surface area contributed by atoms with Gasteiger partial charge in [0.15, 0.2) is 0 Å². The maximum atomic E-state index is 13.4. The van der Waals surface area contributed by atoms with Gasteiger partial charge in [-0.1, -0.05) is 29.8 Å². The van der Waals surface area contributed by atoms with E-state index in [1.54, 1.807) is 25.3 Å². The Hall–Kier alpha value is -2.87. The molecule has 1 amide bonds. The van der Waals surface area contributed by atoms with E-state index in [0.29, 0.717) is 47.8 Å². The molecule has 1 fully saturated rings. The van der Waals surface area contributed by atoms with Crippen LogP contribution in [-0.4, -0.2) is 43.8 Å². The fourth-order valence-corrected chi connectivity index (χ4v) is 4.38. The minimum Gasteiger partial charge on any atom is -0.469 e. The molecular formula is C24H24ClFN2O4. The van der Waals surface area contributed by atoms with Crippen LogP contribution < -0.4 is 5.32 Å². The third-order valence-corrected chi connectivity index (χ3v) is 6.26. The summed E-state index contributed by atoms with van der Waals surface area (Å²) in [5, 5.41) is 5.34. The van der Waals surface area contributed by atoms with Crippen molar-refractivity contribution in [3.8, 4) is 11.1 Å². The van der Waals surface area contributed by atoms with Gasteiger partial charge in [0.2, 0.25) is 0 Å². The minimum atomic E-state index is -0.724. The zero-order valence-electron chi connectivity index (χ0n) is 17.9. The van der Waals surface area contributed by atoms with Crippen molar-refractivity contribution in [2.75, 3.05) is 27.3 Å². The van der Waals surface area contributed by atoms with Crippen LogP contribution in [0, 0.1) is 5.82 Å². The zero-order valence-corrected chi connectivity index (χ0v) is 18.7. The number of amides is 1. The summed E-state index contributed by atoms with van der Waals surface area (Å²) in [6.07, 6.45) is 1.16. The summed E-state index contributed by atoms with van der Waals surface area (Å²) in [5.74, 6) is -0.0940. The standard InChI is InChI=1S/C24H24ClFN2O4/c1-15(30-2)32-22-21(23(29)27-24(22)10-12-28(31-3)13-11-24)19-14-17(6-9-20(19)25)16-4-7-18(26)8-5-16/h4-9,14H,1,10-13H2,2-3H3,(H,27,29). The Kier molecular flexibility index (Phi) is 6.24. The number of benzene rings is 2. The quantitative estimate of drug-likeness (QED) is 0.645. The van der Waals surface area contributed by atoms with Gasteiger partial charge in [0.1, 0.15) is 17.1 Å². The predicted molar refractivity (Wildman–Crippen MR) is 120 cm³/mol. The van der Waals surface area contributed by atoms with E-state index in [4.69, 9.17) is 25.9 Å². The monoisotopic (exact) mass is 458 g/mol. The van der Waals surface area contributed by atoms with Crippen molar-refractivity contribution in [1.82, 2.24) is 10.4 Å². The van der Waals surface area contributed by atoms with Crippen molar-refractivity contribution in [3.63, 3.8) is 0 Å². The lowest BCUT2D eigenvalue weighted by atomic mass is 9.86. The van der Waals surface area contributed by atoms with E-state index in [9.17, 15) is 9.18 Å². The fourth-order valence-electron chi connectivity index (χ4n) is 4.17. The molecule has 1 spiro atoms. The summed E-state index contributed by atoms with van der Waals surface area (Å²) in [6.45, 7) is 5.00. The van der Waals surface area contributed by atoms with E-state index in [0.717, 1.165) is 11.1 Å². The van der Waals surface area contributed by atoms with Crippen LogP contribution in [0.5, 0.6) is 0 Å². The molecule has 168 valence electrons. The molecule has 0 aromatic heterocycles. The molecule has 0 atom stereocenters. The number of piperidine rings is 1. The Morgan fingerprint density at radius 1 is 1.12 bits per heavy atom. The minimum absolute atomic E-state index is 0.0772. The molecular weight excluding hydrogens is 435 g/mol. The topological polar surface area (TPSA) is 60.0 Å². The first-order valence-corrected chi connectivity index (χ1v) is 10.6. The molecule has 2 aromatic carbocycles. The van der Waals surface area contributed by atoms with Crippen molar-refractivity contribution in [2.24, 2.45) is 0 Å². The number of ether oxygens (including phenoxy) is 2. The average Bonchev–Trinajstić information content (AvgIpc) is 3.05. The second-order valence-corrected chi connectivity index (χ2v) is 8.14. The van der Waals surface area contributed by atoms with Crippen molar-refractivity contribution < 1.29 is 23.5 Å². The van der Waals surface area contributed by atoms with Gasteiger partial charge < -0.3 is 19.6 Å². The molecule has 0 unspecified atom stereocenters. The second kappa shape index (κ2) is 8.94. The van der Waals surface area contributed by atoms with Crippen LogP contribution in [0.2, 0.25) is 5.02 Å². The number of hydrogen-bond acceptors (Lipinski definition) is 5. The third kappa shape index (κ3) is 4.11. The van der Waals surface area contributed by atoms with Crippen LogP contribution in [-0.2, 0) is 19.1 Å². The van der Waals surface area contributed by atoms with Gasteiger partial charge in [-0.15, -0.1) is 0 Å². The Morgan fingerprint density at radius 3 is 2.41 bits per heavy atom. The molecule has 0 radical (unpaired) electrons. The van der Waals surface area contributed by atoms with Gasteiger partial charge in [-0.25, -0.2) is 4.39 Å². The Morgan fingerprint density at radius 2 is 1.78 bits per heavy atom. The molecule has 1 N–H and O–H groups in total. The molecule has 0 aliphatic carbocycles. The fraction of sp³-hybridized carbons (Fsp3) is 0.292. The van der Waals surface area contributed by atoms with E-state index < -0.39 is 5.54 Å². The summed E-state index contributed by atoms with van der Waals surface area (Å²) in [4.78, 5) is 18.6. The highest BCUT2D eigenvalue weighted by atomic mass is 35.5. The number of hydroxylamine groups is 2. The lowest BCUT2D eigenvalue weighted by Gasteiger charge is -2.39. The van der Waals surface area contributed by atoms with Crippen LogP contribution in [0.25, 0.3) is 16.7 Å². The average molecular weight is 459 g/mol. The largest absolute Gasteiger partial charge is 0.469 e. The molecule has 1 saturated heterocycles. The highest BCUT2D eigenvalue weighted by Gasteiger charge is 2.50. The number of nitrogens with zero attached hydrogens (tertiary/aromatic N) is 1. The normalized spacial score (nSPS) is 18.1. The van der Waals surface area contributed by atoms with E-state index in [2.05, 4.69) is 11.9 Å². The van der Waals surface area contributed by atoms with Crippen LogP contribution in [0.4, 0.5) is 4.39 Å². The molecule has 32 heavy (non-hydrogen) atoms. The highest BCUT2D eigenvalue weighted by molar-refractivity contribution is 6.35. The van der Waals surface area contributed by atoms with Gasteiger partial charge in [-0.2, -0.15) is 5.06 Å². The number of hydrogen-bond donors (Lipinski definition) is 1. The van der Waals surface area contributed by atoms with Gasteiger partial charge in [0.05, 0.1) is 19.8 Å². The van der Waals surface area contributed by atoms with Crippen LogP contribution in [0.3, 0.4) is 0 Å². The molecule has 6 nitrogen and oxygen atoms in total. The van der Waals surface area contributed by atoms with E-state index in [1.165, 1.54) is 19.2 Å². The first-order valence-electron chi connectivity index (χ1n) is 10.2. The third-order valence-electron chi connectivity index (χ3n) is 5.93. The molecule has 4 rings (SSSR count). The van der Waals surface area contributed by atoms with E-state index in [1.807, 2.05) is 17.2 Å². The maximum absolute atomic E-state index is 13.4. The number of carbonyl (C=O) groups is 1. The number of rotatable bonds is 6. The summed E-state index contributed by atoms with van der Waals surface area (Å²) >= 11 is 6.55. The van der Waals surface area contributed by atoms with E-state index >= 15 is 0 Å². The van der Waals surface area contributed by atoms with Crippen molar-refractivity contribution in [3.05, 3.63) is 77.2 Å². The molecule has 2 aromatic rings. The smallest absolute Gasteiger partial charge is 0.276 e. The molecule has 8 heteroatoms. The van der Waals surface area contributed by atoms with Gasteiger partial charge >= 0.3 is 0 Å². The van der Waals surface area contributed by atoms with Gasteiger partial charge in [0.25, 0.3) is 11.9 Å². The first kappa shape index (κ1) is 22.3. The molecule has 2 heterocycles. The van der Waals surface area contributed by atoms with Crippen LogP contribution >= 0.6 is 11.6 Å². The van der Waals surface area contributed by atoms with Crippen molar-refractivity contribution in [1.29, 1.82) is 0 Å². The number of methoxy groups -OCH3 is 1.